The van der Waals surface area contributed by atoms with Crippen LogP contribution in [0.15, 0.2) is 12.2 Å². The van der Waals surface area contributed by atoms with Crippen molar-refractivity contribution in [3.05, 3.63) is 12.2 Å². The summed E-state index contributed by atoms with van der Waals surface area (Å²) in [5, 5.41) is 0. The van der Waals surface area contributed by atoms with E-state index in [4.69, 9.17) is 4.74 Å². The second kappa shape index (κ2) is 21.9. The van der Waals surface area contributed by atoms with Crippen LogP contribution in [-0.2, 0) is 9.53 Å². The van der Waals surface area contributed by atoms with Gasteiger partial charge in [0.05, 0.1) is 6.61 Å². The van der Waals surface area contributed by atoms with Gasteiger partial charge in [-0.2, -0.15) is 0 Å². The van der Waals surface area contributed by atoms with E-state index in [0.717, 1.165) is 6.42 Å². The summed E-state index contributed by atoms with van der Waals surface area (Å²) in [6.07, 6.45) is 21.7. The van der Waals surface area contributed by atoms with Gasteiger partial charge in [0.15, 0.2) is 0 Å². The highest BCUT2D eigenvalue weighted by atomic mass is 16.5. The van der Waals surface area contributed by atoms with Crippen LogP contribution in [0.3, 0.4) is 0 Å². The Hall–Kier alpha value is -0.830. The zero-order valence-electron chi connectivity index (χ0n) is 20.1. The molecule has 0 amide bonds. The number of nitrogens with zero attached hydrogens (tertiary/aromatic N) is 1. The van der Waals surface area contributed by atoms with E-state index >= 15 is 0 Å². The van der Waals surface area contributed by atoms with E-state index in [1.54, 1.807) is 6.92 Å². The van der Waals surface area contributed by atoms with Gasteiger partial charge in [-0.05, 0) is 39.4 Å². The van der Waals surface area contributed by atoms with E-state index in [0.29, 0.717) is 12.2 Å². The van der Waals surface area contributed by atoms with Crippen LogP contribution in [0.4, 0.5) is 0 Å². The molecule has 29 heavy (non-hydrogen) atoms. The normalized spacial score (nSPS) is 11.2. The largest absolute Gasteiger partial charge is 0.462 e. The van der Waals surface area contributed by atoms with Gasteiger partial charge in [0, 0.05) is 5.57 Å². The van der Waals surface area contributed by atoms with Crippen LogP contribution in [0.1, 0.15) is 124 Å². The van der Waals surface area contributed by atoms with Crippen molar-refractivity contribution >= 4 is 5.97 Å². The Bertz CT molecular complexity index is 377. The Balaban J connectivity index is 3.12. The van der Waals surface area contributed by atoms with E-state index in [1.807, 2.05) is 0 Å². The van der Waals surface area contributed by atoms with Crippen molar-refractivity contribution in [2.75, 3.05) is 26.2 Å². The molecule has 0 N–H and O–H groups in total. The summed E-state index contributed by atoms with van der Waals surface area (Å²) >= 11 is 0. The maximum absolute atomic E-state index is 11.2. The van der Waals surface area contributed by atoms with E-state index in [-0.39, 0.29) is 5.97 Å². The highest BCUT2D eigenvalue weighted by Crippen LogP contribution is 2.14. The summed E-state index contributed by atoms with van der Waals surface area (Å²) in [6.45, 7) is 14.0. The van der Waals surface area contributed by atoms with E-state index in [9.17, 15) is 4.79 Å². The summed E-state index contributed by atoms with van der Waals surface area (Å²) in [6, 6.07) is 0. The van der Waals surface area contributed by atoms with Crippen molar-refractivity contribution in [3.8, 4) is 0 Å². The second-order valence-corrected chi connectivity index (χ2v) is 8.60. The molecule has 0 aliphatic carbocycles. The highest BCUT2D eigenvalue weighted by molar-refractivity contribution is 5.86. The molecule has 0 radical (unpaired) electrons. The van der Waals surface area contributed by atoms with Gasteiger partial charge in [-0.1, -0.05) is 110 Å². The third-order valence-corrected chi connectivity index (χ3v) is 5.84. The SMILES string of the molecule is C=C(C)C(=O)OCCCCCCCCCCCCCCCCCCN(CC)CC. The van der Waals surface area contributed by atoms with Gasteiger partial charge in [-0.25, -0.2) is 4.79 Å². The number of unbranched alkanes of at least 4 members (excludes halogenated alkanes) is 15. The van der Waals surface area contributed by atoms with E-state index < -0.39 is 0 Å². The van der Waals surface area contributed by atoms with Gasteiger partial charge in [-0.15, -0.1) is 0 Å². The second-order valence-electron chi connectivity index (χ2n) is 8.60. The number of carbonyl (C=O) groups excluding carboxylic acids is 1. The number of hydrogen-bond acceptors (Lipinski definition) is 3. The van der Waals surface area contributed by atoms with Gasteiger partial charge in [-0.3, -0.25) is 0 Å². The van der Waals surface area contributed by atoms with Crippen LogP contribution >= 0.6 is 0 Å². The number of ether oxygens (including phenoxy) is 1. The first-order chi connectivity index (χ1) is 14.1. The fraction of sp³-hybridized carbons (Fsp3) is 0.885. The van der Waals surface area contributed by atoms with Crippen LogP contribution in [0.5, 0.6) is 0 Å². The first kappa shape index (κ1) is 28.2. The molecule has 172 valence electrons. The Kier molecular flexibility index (Phi) is 21.2. The molecule has 0 heterocycles. The lowest BCUT2D eigenvalue weighted by Crippen LogP contribution is -2.23. The third-order valence-electron chi connectivity index (χ3n) is 5.84. The molecular formula is C26H51NO2. The van der Waals surface area contributed by atoms with Crippen molar-refractivity contribution in [2.24, 2.45) is 0 Å². The number of esters is 1. The van der Waals surface area contributed by atoms with Crippen LogP contribution in [0.2, 0.25) is 0 Å². The lowest BCUT2D eigenvalue weighted by atomic mass is 10.0. The number of hydrogen-bond donors (Lipinski definition) is 0. The first-order valence-electron chi connectivity index (χ1n) is 12.7. The maximum atomic E-state index is 11.2. The standard InChI is InChI=1S/C26H51NO2/c1-5-27(6-2)23-21-19-17-15-13-11-9-7-8-10-12-14-16-18-20-22-24-29-26(28)25(3)4/h3,5-24H2,1-2,4H3. The van der Waals surface area contributed by atoms with Gasteiger partial charge in [0.1, 0.15) is 0 Å². The molecular weight excluding hydrogens is 358 g/mol. The summed E-state index contributed by atoms with van der Waals surface area (Å²) in [4.78, 5) is 13.8. The molecule has 0 aromatic heterocycles. The zero-order valence-corrected chi connectivity index (χ0v) is 20.1. The summed E-state index contributed by atoms with van der Waals surface area (Å²) < 4.78 is 5.10. The minimum atomic E-state index is -0.254. The lowest BCUT2D eigenvalue weighted by Gasteiger charge is -2.17. The van der Waals surface area contributed by atoms with Crippen molar-refractivity contribution < 1.29 is 9.53 Å². The predicted octanol–water partition coefficient (Wildman–Crippen LogP) is 7.69. The first-order valence-corrected chi connectivity index (χ1v) is 12.7. The molecule has 0 bridgehead atoms. The molecule has 0 aliphatic heterocycles. The van der Waals surface area contributed by atoms with Gasteiger partial charge >= 0.3 is 5.97 Å². The predicted molar refractivity (Wildman–Crippen MR) is 127 cm³/mol. The van der Waals surface area contributed by atoms with Gasteiger partial charge in [0.25, 0.3) is 0 Å². The average Bonchev–Trinajstić information content (AvgIpc) is 2.72. The lowest BCUT2D eigenvalue weighted by molar-refractivity contribution is -0.139. The van der Waals surface area contributed by atoms with Crippen LogP contribution < -0.4 is 0 Å². The molecule has 0 aromatic rings. The van der Waals surface area contributed by atoms with Crippen LogP contribution in [0, 0.1) is 0 Å². The smallest absolute Gasteiger partial charge is 0.333 e. The third kappa shape index (κ3) is 20.2. The van der Waals surface area contributed by atoms with Crippen LogP contribution in [0.25, 0.3) is 0 Å². The molecule has 0 saturated heterocycles. The molecule has 0 atom stereocenters. The van der Waals surface area contributed by atoms with Gasteiger partial charge in [0.2, 0.25) is 0 Å². The molecule has 0 saturated carbocycles. The summed E-state index contributed by atoms with van der Waals surface area (Å²) in [5.41, 5.74) is 0.492. The topological polar surface area (TPSA) is 29.5 Å². The van der Waals surface area contributed by atoms with Gasteiger partial charge < -0.3 is 9.64 Å². The van der Waals surface area contributed by atoms with Crippen molar-refractivity contribution in [2.45, 2.75) is 124 Å². The number of rotatable bonds is 22. The quantitative estimate of drug-likeness (QED) is 0.104. The Labute approximate surface area is 182 Å². The molecule has 0 spiro atoms. The fourth-order valence-corrected chi connectivity index (χ4v) is 3.74. The van der Waals surface area contributed by atoms with Crippen molar-refractivity contribution in [3.63, 3.8) is 0 Å². The fourth-order valence-electron chi connectivity index (χ4n) is 3.74. The number of carbonyl (C=O) groups is 1. The summed E-state index contributed by atoms with van der Waals surface area (Å²) in [7, 11) is 0. The Morgan fingerprint density at radius 3 is 1.34 bits per heavy atom. The molecule has 0 unspecified atom stereocenters. The van der Waals surface area contributed by atoms with Crippen molar-refractivity contribution in [1.29, 1.82) is 0 Å². The summed E-state index contributed by atoms with van der Waals surface area (Å²) in [5.74, 6) is -0.254. The highest BCUT2D eigenvalue weighted by Gasteiger charge is 2.02. The molecule has 3 nitrogen and oxygen atoms in total. The van der Waals surface area contributed by atoms with E-state index in [2.05, 4.69) is 25.3 Å². The molecule has 0 fully saturated rings. The Morgan fingerprint density at radius 1 is 0.655 bits per heavy atom. The molecule has 0 aliphatic rings. The monoisotopic (exact) mass is 409 g/mol. The van der Waals surface area contributed by atoms with Crippen LogP contribution in [-0.4, -0.2) is 37.1 Å². The zero-order chi connectivity index (χ0) is 21.6. The van der Waals surface area contributed by atoms with Crippen molar-refractivity contribution in [1.82, 2.24) is 4.90 Å². The molecule has 0 aromatic carbocycles. The minimum absolute atomic E-state index is 0.254. The minimum Gasteiger partial charge on any atom is -0.462 e. The molecule has 3 heteroatoms. The maximum Gasteiger partial charge on any atom is 0.333 e. The average molecular weight is 410 g/mol. The van der Waals surface area contributed by atoms with E-state index in [1.165, 1.54) is 116 Å². The Morgan fingerprint density at radius 2 is 1.00 bits per heavy atom. The molecule has 0 rings (SSSR count).